The van der Waals surface area contributed by atoms with Crippen molar-refractivity contribution >= 4 is 18.0 Å². The van der Waals surface area contributed by atoms with E-state index in [1.54, 1.807) is 0 Å². The van der Waals surface area contributed by atoms with Crippen molar-refractivity contribution in [1.82, 2.24) is 10.6 Å². The number of unbranched alkanes of at least 4 members (excludes halogenated alkanes) is 2. The number of hydrogen-bond donors (Lipinski definition) is 4. The maximum atomic E-state index is 11.3. The highest BCUT2D eigenvalue weighted by atomic mass is 16.4. The van der Waals surface area contributed by atoms with E-state index in [1.807, 2.05) is 6.92 Å². The van der Waals surface area contributed by atoms with Gasteiger partial charge in [0.2, 0.25) is 0 Å². The number of amides is 2. The molecule has 0 aromatic heterocycles. The molecule has 0 aliphatic heterocycles. The van der Waals surface area contributed by atoms with Crippen molar-refractivity contribution in [3.63, 3.8) is 0 Å². The summed E-state index contributed by atoms with van der Waals surface area (Å²) in [6, 6.07) is -1.75. The van der Waals surface area contributed by atoms with Crippen molar-refractivity contribution in [2.75, 3.05) is 6.54 Å². The predicted octanol–water partition coefficient (Wildman–Crippen LogP) is 0.794. The minimum absolute atomic E-state index is 0.132. The smallest absolute Gasteiger partial charge is 0.326 e. The van der Waals surface area contributed by atoms with E-state index in [0.29, 0.717) is 6.54 Å². The van der Waals surface area contributed by atoms with Crippen LogP contribution in [-0.4, -0.2) is 40.8 Å². The molecule has 7 nitrogen and oxygen atoms in total. The summed E-state index contributed by atoms with van der Waals surface area (Å²) in [5.74, 6) is -2.33. The Kier molecular flexibility index (Phi) is 8.34. The van der Waals surface area contributed by atoms with Gasteiger partial charge in [-0.3, -0.25) is 4.79 Å². The molecule has 1 atom stereocenters. The number of urea groups is 1. The van der Waals surface area contributed by atoms with Crippen LogP contribution in [-0.2, 0) is 9.59 Å². The largest absolute Gasteiger partial charge is 0.481 e. The lowest BCUT2D eigenvalue weighted by Crippen LogP contribution is -2.46. The van der Waals surface area contributed by atoms with Crippen molar-refractivity contribution in [3.05, 3.63) is 0 Å². The Hall–Kier alpha value is -1.79. The lowest BCUT2D eigenvalue weighted by molar-refractivity contribution is -0.140. The molecule has 0 spiro atoms. The van der Waals surface area contributed by atoms with Crippen molar-refractivity contribution in [2.24, 2.45) is 0 Å². The molecule has 0 radical (unpaired) electrons. The van der Waals surface area contributed by atoms with E-state index in [9.17, 15) is 14.4 Å². The monoisotopic (exact) mass is 260 g/mol. The summed E-state index contributed by atoms with van der Waals surface area (Å²) in [5, 5.41) is 22.0. The van der Waals surface area contributed by atoms with Crippen LogP contribution >= 0.6 is 0 Å². The van der Waals surface area contributed by atoms with E-state index in [2.05, 4.69) is 10.6 Å². The highest BCUT2D eigenvalue weighted by Crippen LogP contribution is 1.98. The van der Waals surface area contributed by atoms with Gasteiger partial charge in [-0.1, -0.05) is 19.8 Å². The number of carboxylic acids is 2. The van der Waals surface area contributed by atoms with E-state index in [4.69, 9.17) is 10.2 Å². The molecule has 4 N–H and O–H groups in total. The number of carbonyl (C=O) groups excluding carboxylic acids is 1. The van der Waals surface area contributed by atoms with Crippen LogP contribution < -0.4 is 10.6 Å². The molecule has 0 aromatic carbocycles. The summed E-state index contributed by atoms with van der Waals surface area (Å²) in [4.78, 5) is 32.5. The highest BCUT2D eigenvalue weighted by molar-refractivity contribution is 5.82. The third-order valence-electron chi connectivity index (χ3n) is 2.32. The zero-order valence-electron chi connectivity index (χ0n) is 10.4. The maximum Gasteiger partial charge on any atom is 0.326 e. The van der Waals surface area contributed by atoms with Crippen LogP contribution in [0.5, 0.6) is 0 Å². The quantitative estimate of drug-likeness (QED) is 0.457. The van der Waals surface area contributed by atoms with Crippen molar-refractivity contribution < 1.29 is 24.6 Å². The van der Waals surface area contributed by atoms with Crippen LogP contribution in [0, 0.1) is 0 Å². The first-order chi connectivity index (χ1) is 8.47. The molecule has 7 heteroatoms. The summed E-state index contributed by atoms with van der Waals surface area (Å²) >= 11 is 0. The van der Waals surface area contributed by atoms with E-state index in [1.165, 1.54) is 0 Å². The molecule has 0 saturated heterocycles. The molecule has 1 unspecified atom stereocenters. The fourth-order valence-electron chi connectivity index (χ4n) is 1.31. The standard InChI is InChI=1S/C11H20N2O5/c1-2-3-4-7-12-11(18)13-8(10(16)17)5-6-9(14)15/h8H,2-7H2,1H3,(H,14,15)(H,16,17)(H2,12,13,18). The summed E-state index contributed by atoms with van der Waals surface area (Å²) in [7, 11) is 0. The Bertz CT molecular complexity index is 293. The number of nitrogens with one attached hydrogen (secondary N) is 2. The molecule has 18 heavy (non-hydrogen) atoms. The summed E-state index contributed by atoms with van der Waals surface area (Å²) in [6.45, 7) is 2.51. The lowest BCUT2D eigenvalue weighted by atomic mass is 10.1. The topological polar surface area (TPSA) is 116 Å². The Morgan fingerprint density at radius 1 is 1.17 bits per heavy atom. The van der Waals surface area contributed by atoms with Crippen molar-refractivity contribution in [3.8, 4) is 0 Å². The first-order valence-electron chi connectivity index (χ1n) is 5.96. The molecule has 0 saturated carbocycles. The number of carbonyl (C=O) groups is 3. The van der Waals surface area contributed by atoms with E-state index in [0.717, 1.165) is 19.3 Å². The second kappa shape index (κ2) is 9.26. The number of carboxylic acid groups (broad SMARTS) is 2. The van der Waals surface area contributed by atoms with Gasteiger partial charge in [0.05, 0.1) is 0 Å². The van der Waals surface area contributed by atoms with Crippen molar-refractivity contribution in [2.45, 2.75) is 45.1 Å². The lowest BCUT2D eigenvalue weighted by Gasteiger charge is -2.14. The molecule has 0 rings (SSSR count). The zero-order chi connectivity index (χ0) is 14.0. The van der Waals surface area contributed by atoms with Gasteiger partial charge in [-0.15, -0.1) is 0 Å². The van der Waals surface area contributed by atoms with Gasteiger partial charge in [0.25, 0.3) is 0 Å². The average molecular weight is 260 g/mol. The van der Waals surface area contributed by atoms with Gasteiger partial charge in [0.1, 0.15) is 6.04 Å². The third-order valence-corrected chi connectivity index (χ3v) is 2.32. The van der Waals surface area contributed by atoms with Gasteiger partial charge in [-0.25, -0.2) is 9.59 Å². The third kappa shape index (κ3) is 8.37. The van der Waals surface area contributed by atoms with Crippen LogP contribution in [0.2, 0.25) is 0 Å². The Morgan fingerprint density at radius 2 is 1.83 bits per heavy atom. The molecule has 0 heterocycles. The SMILES string of the molecule is CCCCCNC(=O)NC(CCC(=O)O)C(=O)O. The summed E-state index contributed by atoms with van der Waals surface area (Å²) < 4.78 is 0. The summed E-state index contributed by atoms with van der Waals surface area (Å²) in [6.07, 6.45) is 2.41. The Morgan fingerprint density at radius 3 is 2.33 bits per heavy atom. The van der Waals surface area contributed by atoms with Gasteiger partial charge >= 0.3 is 18.0 Å². The van der Waals surface area contributed by atoms with E-state index >= 15 is 0 Å². The van der Waals surface area contributed by atoms with Crippen molar-refractivity contribution in [1.29, 1.82) is 0 Å². The number of aliphatic carboxylic acids is 2. The average Bonchev–Trinajstić information content (AvgIpc) is 2.29. The van der Waals surface area contributed by atoms with Gasteiger partial charge in [-0.05, 0) is 12.8 Å². The molecule has 0 bridgehead atoms. The highest BCUT2D eigenvalue weighted by Gasteiger charge is 2.20. The molecule has 0 aliphatic rings. The van der Waals surface area contributed by atoms with Gasteiger partial charge in [-0.2, -0.15) is 0 Å². The molecule has 0 fully saturated rings. The van der Waals surface area contributed by atoms with Crippen LogP contribution in [0.25, 0.3) is 0 Å². The summed E-state index contributed by atoms with van der Waals surface area (Å²) in [5.41, 5.74) is 0. The fourth-order valence-corrected chi connectivity index (χ4v) is 1.31. The first kappa shape index (κ1) is 16.2. The van der Waals surface area contributed by atoms with Crippen LogP contribution in [0.4, 0.5) is 4.79 Å². The fraction of sp³-hybridized carbons (Fsp3) is 0.727. The molecule has 0 aromatic rings. The van der Waals surface area contributed by atoms with Gasteiger partial charge in [0.15, 0.2) is 0 Å². The second-order valence-corrected chi connectivity index (χ2v) is 3.93. The minimum Gasteiger partial charge on any atom is -0.481 e. The number of rotatable bonds is 9. The van der Waals surface area contributed by atoms with Crippen LogP contribution in [0.3, 0.4) is 0 Å². The predicted molar refractivity (Wildman–Crippen MR) is 64.4 cm³/mol. The van der Waals surface area contributed by atoms with Crippen LogP contribution in [0.1, 0.15) is 39.0 Å². The molecular formula is C11H20N2O5. The van der Waals surface area contributed by atoms with Gasteiger partial charge < -0.3 is 20.8 Å². The normalized spacial score (nSPS) is 11.6. The van der Waals surface area contributed by atoms with Gasteiger partial charge in [0, 0.05) is 13.0 Å². The second-order valence-electron chi connectivity index (χ2n) is 3.93. The van der Waals surface area contributed by atoms with E-state index < -0.39 is 24.0 Å². The van der Waals surface area contributed by atoms with Crippen LogP contribution in [0.15, 0.2) is 0 Å². The first-order valence-corrected chi connectivity index (χ1v) is 5.96. The Balaban J connectivity index is 3.96. The molecule has 0 aliphatic carbocycles. The molecular weight excluding hydrogens is 240 g/mol. The zero-order valence-corrected chi connectivity index (χ0v) is 10.4. The molecule has 104 valence electrons. The molecule has 2 amide bonds. The Labute approximate surface area is 106 Å². The number of hydrogen-bond acceptors (Lipinski definition) is 3. The maximum absolute atomic E-state index is 11.3. The van der Waals surface area contributed by atoms with E-state index in [-0.39, 0.29) is 12.8 Å². The minimum atomic E-state index is -1.24.